The summed E-state index contributed by atoms with van der Waals surface area (Å²) in [7, 11) is 3.37. The van der Waals surface area contributed by atoms with E-state index in [1.54, 1.807) is 25.1 Å². The van der Waals surface area contributed by atoms with Gasteiger partial charge in [-0.15, -0.1) is 0 Å². The molecule has 4 nitrogen and oxygen atoms in total. The standard InChI is InChI=1S/C14H22FN3O/c1-4-8-17-9-11-12(15)6-5-7-13(11)18(3)10-14(19)16-2/h5-7,17H,4,8-10H2,1-3H3,(H,16,19). The first kappa shape index (κ1) is 15.4. The summed E-state index contributed by atoms with van der Waals surface area (Å²) in [5.41, 5.74) is 1.34. The summed E-state index contributed by atoms with van der Waals surface area (Å²) in [6.45, 7) is 3.58. The number of hydrogen-bond donors (Lipinski definition) is 2. The number of carbonyl (C=O) groups excluding carboxylic acids is 1. The molecule has 1 rings (SSSR count). The van der Waals surface area contributed by atoms with E-state index in [1.807, 2.05) is 6.07 Å². The van der Waals surface area contributed by atoms with Crippen LogP contribution >= 0.6 is 0 Å². The smallest absolute Gasteiger partial charge is 0.239 e. The van der Waals surface area contributed by atoms with Gasteiger partial charge in [-0.1, -0.05) is 13.0 Å². The zero-order chi connectivity index (χ0) is 14.3. The van der Waals surface area contributed by atoms with Gasteiger partial charge in [0.1, 0.15) is 5.82 Å². The number of hydrogen-bond acceptors (Lipinski definition) is 3. The van der Waals surface area contributed by atoms with Crippen LogP contribution in [0.1, 0.15) is 18.9 Å². The van der Waals surface area contributed by atoms with Crippen LogP contribution in [0.4, 0.5) is 10.1 Å². The molecule has 1 aromatic carbocycles. The van der Waals surface area contributed by atoms with Crippen molar-refractivity contribution in [3.8, 4) is 0 Å². The molecule has 0 aliphatic heterocycles. The zero-order valence-corrected chi connectivity index (χ0v) is 11.8. The topological polar surface area (TPSA) is 44.4 Å². The van der Waals surface area contributed by atoms with Gasteiger partial charge in [-0.3, -0.25) is 4.79 Å². The van der Waals surface area contributed by atoms with E-state index in [9.17, 15) is 9.18 Å². The Morgan fingerprint density at radius 1 is 1.42 bits per heavy atom. The normalized spacial score (nSPS) is 10.3. The third-order valence-electron chi connectivity index (χ3n) is 2.89. The van der Waals surface area contributed by atoms with Gasteiger partial charge >= 0.3 is 0 Å². The van der Waals surface area contributed by atoms with E-state index in [0.717, 1.165) is 18.7 Å². The number of nitrogens with one attached hydrogen (secondary N) is 2. The fraction of sp³-hybridized carbons (Fsp3) is 0.500. The third-order valence-corrected chi connectivity index (χ3v) is 2.89. The predicted octanol–water partition coefficient (Wildman–Crippen LogP) is 1.51. The zero-order valence-electron chi connectivity index (χ0n) is 11.8. The molecule has 2 N–H and O–H groups in total. The predicted molar refractivity (Wildman–Crippen MR) is 75.7 cm³/mol. The van der Waals surface area contributed by atoms with Crippen molar-refractivity contribution in [3.05, 3.63) is 29.6 Å². The molecule has 0 fully saturated rings. The Morgan fingerprint density at radius 3 is 2.79 bits per heavy atom. The van der Waals surface area contributed by atoms with E-state index in [2.05, 4.69) is 17.6 Å². The maximum absolute atomic E-state index is 13.9. The van der Waals surface area contributed by atoms with Gasteiger partial charge in [0.05, 0.1) is 6.54 Å². The second kappa shape index (κ2) is 7.74. The Bertz CT molecular complexity index is 423. The fourth-order valence-electron chi connectivity index (χ4n) is 1.85. The van der Waals surface area contributed by atoms with Crippen molar-refractivity contribution in [2.24, 2.45) is 0 Å². The molecule has 1 aromatic rings. The summed E-state index contributed by atoms with van der Waals surface area (Å²) in [6.07, 6.45) is 0.998. The van der Waals surface area contributed by atoms with Crippen molar-refractivity contribution in [1.82, 2.24) is 10.6 Å². The average molecular weight is 267 g/mol. The van der Waals surface area contributed by atoms with Crippen LogP contribution in [0.15, 0.2) is 18.2 Å². The first-order valence-electron chi connectivity index (χ1n) is 6.50. The third kappa shape index (κ3) is 4.52. The quantitative estimate of drug-likeness (QED) is 0.736. The van der Waals surface area contributed by atoms with Crippen LogP contribution in [0, 0.1) is 5.82 Å². The minimum Gasteiger partial charge on any atom is -0.365 e. The van der Waals surface area contributed by atoms with Crippen LogP contribution in [0.25, 0.3) is 0 Å². The van der Waals surface area contributed by atoms with Gasteiger partial charge in [-0.05, 0) is 25.1 Å². The first-order valence-corrected chi connectivity index (χ1v) is 6.50. The summed E-state index contributed by atoms with van der Waals surface area (Å²) in [6, 6.07) is 4.93. The molecule has 5 heteroatoms. The lowest BCUT2D eigenvalue weighted by Crippen LogP contribution is -2.34. The molecular formula is C14H22FN3O. The van der Waals surface area contributed by atoms with E-state index in [0.29, 0.717) is 12.1 Å². The highest BCUT2D eigenvalue weighted by Gasteiger charge is 2.13. The maximum Gasteiger partial charge on any atom is 0.239 e. The number of carbonyl (C=O) groups is 1. The van der Waals surface area contributed by atoms with Crippen molar-refractivity contribution in [3.63, 3.8) is 0 Å². The van der Waals surface area contributed by atoms with E-state index in [4.69, 9.17) is 0 Å². The van der Waals surface area contributed by atoms with Crippen LogP contribution in [0.2, 0.25) is 0 Å². The summed E-state index contributed by atoms with van der Waals surface area (Å²) in [4.78, 5) is 13.1. The molecule has 0 unspecified atom stereocenters. The minimum atomic E-state index is -0.246. The molecule has 1 amide bonds. The van der Waals surface area contributed by atoms with E-state index in [1.165, 1.54) is 6.07 Å². The fourth-order valence-corrected chi connectivity index (χ4v) is 1.85. The SMILES string of the molecule is CCCNCc1c(F)cccc1N(C)CC(=O)NC. The second-order valence-electron chi connectivity index (χ2n) is 4.44. The lowest BCUT2D eigenvalue weighted by Gasteiger charge is -2.22. The molecule has 19 heavy (non-hydrogen) atoms. The number of anilines is 1. The highest BCUT2D eigenvalue weighted by molar-refractivity contribution is 5.81. The van der Waals surface area contributed by atoms with Crippen LogP contribution < -0.4 is 15.5 Å². The molecule has 0 aliphatic rings. The van der Waals surface area contributed by atoms with Crippen molar-refractivity contribution < 1.29 is 9.18 Å². The molecule has 0 bridgehead atoms. The largest absolute Gasteiger partial charge is 0.365 e. The van der Waals surface area contributed by atoms with Gasteiger partial charge in [0, 0.05) is 31.9 Å². The van der Waals surface area contributed by atoms with Crippen molar-refractivity contribution in [2.45, 2.75) is 19.9 Å². The van der Waals surface area contributed by atoms with Crippen molar-refractivity contribution >= 4 is 11.6 Å². The summed E-state index contributed by atoms with van der Waals surface area (Å²) in [5, 5.41) is 5.75. The molecule has 0 saturated heterocycles. The number of rotatable bonds is 7. The summed E-state index contributed by atoms with van der Waals surface area (Å²) < 4.78 is 13.9. The highest BCUT2D eigenvalue weighted by atomic mass is 19.1. The second-order valence-corrected chi connectivity index (χ2v) is 4.44. The molecular weight excluding hydrogens is 245 g/mol. The average Bonchev–Trinajstić information content (AvgIpc) is 2.40. The van der Waals surface area contributed by atoms with Crippen LogP contribution in [0.3, 0.4) is 0 Å². The molecule has 0 spiro atoms. The Kier molecular flexibility index (Phi) is 6.29. The number of likely N-dealkylation sites (N-methyl/N-ethyl adjacent to an activating group) is 2. The molecule has 0 saturated carbocycles. The van der Waals surface area contributed by atoms with Gasteiger partial charge < -0.3 is 15.5 Å². The van der Waals surface area contributed by atoms with E-state index >= 15 is 0 Å². The Labute approximate surface area is 114 Å². The van der Waals surface area contributed by atoms with Gasteiger partial charge in [0.25, 0.3) is 0 Å². The molecule has 0 atom stereocenters. The number of nitrogens with zero attached hydrogens (tertiary/aromatic N) is 1. The maximum atomic E-state index is 13.9. The molecule has 0 aliphatic carbocycles. The van der Waals surface area contributed by atoms with Crippen molar-refractivity contribution in [2.75, 3.05) is 32.1 Å². The van der Waals surface area contributed by atoms with Crippen LogP contribution in [0.5, 0.6) is 0 Å². The first-order chi connectivity index (χ1) is 9.10. The van der Waals surface area contributed by atoms with Gasteiger partial charge in [0.15, 0.2) is 0 Å². The summed E-state index contributed by atoms with van der Waals surface area (Å²) >= 11 is 0. The van der Waals surface area contributed by atoms with Gasteiger partial charge in [0.2, 0.25) is 5.91 Å². The molecule has 0 heterocycles. The number of halogens is 1. The molecule has 0 radical (unpaired) electrons. The Hall–Kier alpha value is -1.62. The van der Waals surface area contributed by atoms with Gasteiger partial charge in [-0.2, -0.15) is 0 Å². The van der Waals surface area contributed by atoms with E-state index in [-0.39, 0.29) is 18.3 Å². The van der Waals surface area contributed by atoms with Crippen LogP contribution in [-0.2, 0) is 11.3 Å². The van der Waals surface area contributed by atoms with E-state index < -0.39 is 0 Å². The lowest BCUT2D eigenvalue weighted by molar-refractivity contribution is -0.119. The summed E-state index contributed by atoms with van der Waals surface area (Å²) in [5.74, 6) is -0.343. The Morgan fingerprint density at radius 2 is 2.16 bits per heavy atom. The number of amides is 1. The highest BCUT2D eigenvalue weighted by Crippen LogP contribution is 2.22. The Balaban J connectivity index is 2.86. The molecule has 106 valence electrons. The lowest BCUT2D eigenvalue weighted by atomic mass is 10.1. The van der Waals surface area contributed by atoms with Gasteiger partial charge in [-0.25, -0.2) is 4.39 Å². The monoisotopic (exact) mass is 267 g/mol. The molecule has 0 aromatic heterocycles. The number of benzene rings is 1. The van der Waals surface area contributed by atoms with Crippen LogP contribution in [-0.4, -0.2) is 33.1 Å². The minimum absolute atomic E-state index is 0.0979. The van der Waals surface area contributed by atoms with Crippen molar-refractivity contribution in [1.29, 1.82) is 0 Å².